The number of anilines is 1. The fourth-order valence-electron chi connectivity index (χ4n) is 1.98. The molecule has 1 atom stereocenters. The highest BCUT2D eigenvalue weighted by Crippen LogP contribution is 2.47. The summed E-state index contributed by atoms with van der Waals surface area (Å²) in [6.45, 7) is 1.18. The Morgan fingerprint density at radius 2 is 2.15 bits per heavy atom. The van der Waals surface area contributed by atoms with Crippen molar-refractivity contribution in [3.05, 3.63) is 16.1 Å². The lowest BCUT2D eigenvalue weighted by atomic mass is 10.2. The van der Waals surface area contributed by atoms with Crippen molar-refractivity contribution in [3.8, 4) is 0 Å². The lowest BCUT2D eigenvalue weighted by Crippen LogP contribution is -2.38. The van der Waals surface area contributed by atoms with Crippen molar-refractivity contribution >= 4 is 57.6 Å². The first kappa shape index (κ1) is 13.8. The number of amides is 2. The molecule has 106 valence electrons. The smallest absolute Gasteiger partial charge is 0.319 e. The highest BCUT2D eigenvalue weighted by Gasteiger charge is 2.22. The summed E-state index contributed by atoms with van der Waals surface area (Å²) < 4.78 is 13.4. The number of urea groups is 1. The van der Waals surface area contributed by atoms with E-state index in [1.807, 2.05) is 0 Å². The van der Waals surface area contributed by atoms with Gasteiger partial charge >= 0.3 is 6.03 Å². The van der Waals surface area contributed by atoms with Crippen LogP contribution in [0.2, 0.25) is 10.0 Å². The maximum Gasteiger partial charge on any atom is 0.319 e. The number of hydrogen-bond donors (Lipinski definition) is 2. The van der Waals surface area contributed by atoms with E-state index in [9.17, 15) is 4.79 Å². The average molecular weight is 333 g/mol. The van der Waals surface area contributed by atoms with Crippen LogP contribution in [0.5, 0.6) is 0 Å². The number of nitrogens with zero attached hydrogens (tertiary/aromatic N) is 2. The van der Waals surface area contributed by atoms with Crippen LogP contribution in [0.1, 0.15) is 6.42 Å². The summed E-state index contributed by atoms with van der Waals surface area (Å²) in [5.41, 5.74) is 1.43. The molecule has 2 aliphatic rings. The van der Waals surface area contributed by atoms with E-state index in [1.165, 1.54) is 0 Å². The molecule has 6 nitrogen and oxygen atoms in total. The maximum absolute atomic E-state index is 12.0. The van der Waals surface area contributed by atoms with E-state index in [-0.39, 0.29) is 12.1 Å². The number of carbonyl (C=O) groups is 1. The van der Waals surface area contributed by atoms with Gasteiger partial charge in [0.1, 0.15) is 11.4 Å². The third kappa shape index (κ3) is 2.67. The minimum atomic E-state index is -0.348. The highest BCUT2D eigenvalue weighted by atomic mass is 35.5. The summed E-state index contributed by atoms with van der Waals surface area (Å²) in [5, 5.41) is 6.25. The molecule has 0 spiro atoms. The van der Waals surface area contributed by atoms with E-state index in [0.717, 1.165) is 17.8 Å². The van der Waals surface area contributed by atoms with Crippen molar-refractivity contribution in [1.82, 2.24) is 5.32 Å². The van der Waals surface area contributed by atoms with Crippen molar-refractivity contribution in [2.75, 3.05) is 18.5 Å². The Kier molecular flexibility index (Phi) is 3.93. The molecule has 9 heteroatoms. The van der Waals surface area contributed by atoms with E-state index in [2.05, 4.69) is 19.4 Å². The summed E-state index contributed by atoms with van der Waals surface area (Å²) in [6.07, 6.45) is 0.801. The van der Waals surface area contributed by atoms with Gasteiger partial charge in [-0.25, -0.2) is 4.79 Å². The molecule has 2 aliphatic heterocycles. The second kappa shape index (κ2) is 5.69. The van der Waals surface area contributed by atoms with Gasteiger partial charge in [0.05, 0.1) is 39.7 Å². The minimum absolute atomic E-state index is 0.0186. The van der Waals surface area contributed by atoms with Gasteiger partial charge in [0.25, 0.3) is 0 Å². The largest absolute Gasteiger partial charge is 0.379 e. The predicted molar refractivity (Wildman–Crippen MR) is 79.4 cm³/mol. The van der Waals surface area contributed by atoms with E-state index in [0.29, 0.717) is 40.3 Å². The molecule has 0 bridgehead atoms. The van der Waals surface area contributed by atoms with E-state index < -0.39 is 0 Å². The highest BCUT2D eigenvalue weighted by molar-refractivity contribution is 7.58. The van der Waals surface area contributed by atoms with Gasteiger partial charge in [0.2, 0.25) is 0 Å². The van der Waals surface area contributed by atoms with Gasteiger partial charge in [0, 0.05) is 6.61 Å². The Morgan fingerprint density at radius 3 is 2.90 bits per heavy atom. The molecule has 0 aliphatic carbocycles. The summed E-state index contributed by atoms with van der Waals surface area (Å²) in [7, 11) is 0. The van der Waals surface area contributed by atoms with Gasteiger partial charge in [-0.2, -0.15) is 8.73 Å². The molecule has 2 heterocycles. The second-order valence-electron chi connectivity index (χ2n) is 4.34. The van der Waals surface area contributed by atoms with Crippen LogP contribution in [0, 0.1) is 0 Å². The van der Waals surface area contributed by atoms with E-state index in [1.54, 1.807) is 6.07 Å². The first-order chi connectivity index (χ1) is 9.65. The number of halogens is 2. The van der Waals surface area contributed by atoms with Crippen LogP contribution < -0.4 is 10.6 Å². The molecule has 3 rings (SSSR count). The average Bonchev–Trinajstić information content (AvgIpc) is 3.04. The molecule has 0 radical (unpaired) electrons. The van der Waals surface area contributed by atoms with Crippen LogP contribution in [0.25, 0.3) is 0 Å². The van der Waals surface area contributed by atoms with Gasteiger partial charge < -0.3 is 15.4 Å². The van der Waals surface area contributed by atoms with Gasteiger partial charge in [-0.1, -0.05) is 23.2 Å². The SMILES string of the molecule is O=C(Nc1c(Cl)cc(Cl)c2c1N=S=N2)NC1CCOC1. The number of ether oxygens (including phenoxy) is 1. The Morgan fingerprint density at radius 1 is 1.35 bits per heavy atom. The van der Waals surface area contributed by atoms with Crippen LogP contribution in [0.3, 0.4) is 0 Å². The fourth-order valence-corrected chi connectivity index (χ4v) is 3.14. The first-order valence-electron chi connectivity index (χ1n) is 5.90. The quantitative estimate of drug-likeness (QED) is 0.880. The van der Waals surface area contributed by atoms with Crippen molar-refractivity contribution in [1.29, 1.82) is 0 Å². The number of fused-ring (bicyclic) bond motifs is 1. The Bertz CT molecular complexity index is 640. The molecule has 0 saturated carbocycles. The van der Waals surface area contributed by atoms with Gasteiger partial charge in [-0.15, -0.1) is 0 Å². The molecular weight excluding hydrogens is 323 g/mol. The van der Waals surface area contributed by atoms with Crippen LogP contribution in [-0.2, 0) is 16.1 Å². The molecule has 2 N–H and O–H groups in total. The number of nitrogens with one attached hydrogen (secondary N) is 2. The van der Waals surface area contributed by atoms with Crippen LogP contribution >= 0.6 is 23.2 Å². The number of hydrogen-bond acceptors (Lipinski definition) is 4. The first-order valence-corrected chi connectivity index (χ1v) is 7.39. The summed E-state index contributed by atoms with van der Waals surface area (Å²) in [6, 6.07) is 1.21. The molecule has 20 heavy (non-hydrogen) atoms. The Hall–Kier alpha value is -1.15. The molecular formula is C11H10Cl2N4O2S. The van der Waals surface area contributed by atoms with E-state index in [4.69, 9.17) is 27.9 Å². The molecule has 1 saturated heterocycles. The summed E-state index contributed by atoms with van der Waals surface area (Å²) >= 11 is 13.2. The zero-order valence-electron chi connectivity index (χ0n) is 10.2. The molecule has 0 aromatic heterocycles. The molecule has 1 aromatic carbocycles. The summed E-state index contributed by atoms with van der Waals surface area (Å²) in [5.74, 6) is 0. The number of benzene rings is 1. The van der Waals surface area contributed by atoms with Crippen molar-refractivity contribution in [3.63, 3.8) is 0 Å². The third-order valence-electron chi connectivity index (χ3n) is 2.95. The van der Waals surface area contributed by atoms with Gasteiger partial charge in [-0.05, 0) is 12.5 Å². The fraction of sp³-hybridized carbons (Fsp3) is 0.364. The summed E-state index contributed by atoms with van der Waals surface area (Å²) in [4.78, 5) is 12.0. The van der Waals surface area contributed by atoms with Crippen LogP contribution in [0.4, 0.5) is 21.9 Å². The Balaban J connectivity index is 1.79. The van der Waals surface area contributed by atoms with Crippen molar-refractivity contribution in [2.24, 2.45) is 8.73 Å². The van der Waals surface area contributed by atoms with Crippen LogP contribution in [0.15, 0.2) is 14.8 Å². The molecule has 1 aromatic rings. The standard InChI is InChI=1S/C11H10Cl2N4O2S/c12-6-3-7(13)9-10(17-20-16-9)8(6)15-11(18)14-5-1-2-19-4-5/h3,5H,1-2,4H2,(H2,14,15,18). The normalized spacial score (nSPS) is 19.6. The molecule has 1 fully saturated rings. The van der Waals surface area contributed by atoms with Crippen molar-refractivity contribution < 1.29 is 9.53 Å². The second-order valence-corrected chi connectivity index (χ2v) is 5.68. The van der Waals surface area contributed by atoms with Gasteiger partial charge in [-0.3, -0.25) is 0 Å². The molecule has 2 amide bonds. The molecule has 1 unspecified atom stereocenters. The monoisotopic (exact) mass is 332 g/mol. The predicted octanol–water partition coefficient (Wildman–Crippen LogP) is 3.63. The van der Waals surface area contributed by atoms with Crippen LogP contribution in [-0.4, -0.2) is 25.3 Å². The van der Waals surface area contributed by atoms with E-state index >= 15 is 0 Å². The lowest BCUT2D eigenvalue weighted by molar-refractivity contribution is 0.189. The Labute approximate surface area is 128 Å². The minimum Gasteiger partial charge on any atom is -0.379 e. The zero-order valence-corrected chi connectivity index (χ0v) is 12.5. The lowest BCUT2D eigenvalue weighted by Gasteiger charge is -2.14. The zero-order chi connectivity index (χ0) is 14.1. The topological polar surface area (TPSA) is 75.1 Å². The third-order valence-corrected chi connectivity index (χ3v) is 4.06. The van der Waals surface area contributed by atoms with Gasteiger partial charge in [0.15, 0.2) is 0 Å². The number of rotatable bonds is 2. The maximum atomic E-state index is 12.0. The van der Waals surface area contributed by atoms with Crippen molar-refractivity contribution in [2.45, 2.75) is 12.5 Å². The number of carbonyl (C=O) groups excluding carboxylic acids is 1.